The average molecular weight is 350 g/mol. The molecule has 0 bridgehead atoms. The van der Waals surface area contributed by atoms with Crippen LogP contribution in [0.5, 0.6) is 11.5 Å². The smallest absolute Gasteiger partial charge is 0.115 e. The summed E-state index contributed by atoms with van der Waals surface area (Å²) in [6, 6.07) is 31.7. The zero-order chi connectivity index (χ0) is 18.4. The first kappa shape index (κ1) is 15.7. The van der Waals surface area contributed by atoms with E-state index in [4.69, 9.17) is 0 Å². The van der Waals surface area contributed by atoms with Crippen molar-refractivity contribution in [2.24, 2.45) is 0 Å². The SMILES string of the molecule is Oc1ccc2c(c1)C(c1ccccc1)(c1ccccc1)c1cc(O)ccc1-2. The maximum absolute atomic E-state index is 10.3. The number of phenolic OH excluding ortho intramolecular Hbond substituents is 2. The van der Waals surface area contributed by atoms with Gasteiger partial charge in [0.1, 0.15) is 11.5 Å². The molecule has 4 aromatic carbocycles. The van der Waals surface area contributed by atoms with Crippen LogP contribution in [0.2, 0.25) is 0 Å². The van der Waals surface area contributed by atoms with Crippen molar-refractivity contribution < 1.29 is 10.2 Å². The van der Waals surface area contributed by atoms with Crippen LogP contribution < -0.4 is 0 Å². The van der Waals surface area contributed by atoms with Crippen LogP contribution in [0.3, 0.4) is 0 Å². The third-order valence-electron chi connectivity index (χ3n) is 5.52. The molecule has 0 spiro atoms. The Balaban J connectivity index is 2.00. The fourth-order valence-electron chi connectivity index (χ4n) is 4.46. The van der Waals surface area contributed by atoms with Gasteiger partial charge in [-0.3, -0.25) is 0 Å². The standard InChI is InChI=1S/C25H18O2/c26-19-11-13-21-22-14-12-20(27)16-24(22)25(23(21)15-19,17-7-3-1-4-8-17)18-9-5-2-6-10-18/h1-16,26-27H. The number of benzene rings is 4. The molecule has 27 heavy (non-hydrogen) atoms. The summed E-state index contributed by atoms with van der Waals surface area (Å²) in [6.45, 7) is 0. The Morgan fingerprint density at radius 3 is 1.30 bits per heavy atom. The van der Waals surface area contributed by atoms with E-state index < -0.39 is 5.41 Å². The van der Waals surface area contributed by atoms with Crippen molar-refractivity contribution >= 4 is 0 Å². The van der Waals surface area contributed by atoms with E-state index >= 15 is 0 Å². The molecule has 2 nitrogen and oxygen atoms in total. The predicted octanol–water partition coefficient (Wildman–Crippen LogP) is 5.46. The predicted molar refractivity (Wildman–Crippen MR) is 107 cm³/mol. The largest absolute Gasteiger partial charge is 0.508 e. The van der Waals surface area contributed by atoms with Crippen molar-refractivity contribution in [3.63, 3.8) is 0 Å². The lowest BCUT2D eigenvalue weighted by molar-refractivity contribution is 0.473. The van der Waals surface area contributed by atoms with Crippen molar-refractivity contribution in [3.8, 4) is 22.6 Å². The van der Waals surface area contributed by atoms with Crippen molar-refractivity contribution in [1.82, 2.24) is 0 Å². The van der Waals surface area contributed by atoms with E-state index in [0.29, 0.717) is 0 Å². The van der Waals surface area contributed by atoms with Gasteiger partial charge in [-0.2, -0.15) is 0 Å². The summed E-state index contributed by atoms with van der Waals surface area (Å²) in [5.41, 5.74) is 5.83. The minimum Gasteiger partial charge on any atom is -0.508 e. The van der Waals surface area contributed by atoms with Crippen LogP contribution in [-0.2, 0) is 5.41 Å². The molecule has 0 radical (unpaired) electrons. The van der Waals surface area contributed by atoms with Crippen molar-refractivity contribution in [2.75, 3.05) is 0 Å². The second-order valence-corrected chi connectivity index (χ2v) is 6.94. The first-order valence-electron chi connectivity index (χ1n) is 8.99. The summed E-state index contributed by atoms with van der Waals surface area (Å²) in [4.78, 5) is 0. The molecular weight excluding hydrogens is 332 g/mol. The summed E-state index contributed by atoms with van der Waals surface area (Å²) in [5, 5.41) is 20.6. The fraction of sp³-hybridized carbons (Fsp3) is 0.0400. The summed E-state index contributed by atoms with van der Waals surface area (Å²) in [5.74, 6) is 0.476. The van der Waals surface area contributed by atoms with Crippen molar-refractivity contribution in [2.45, 2.75) is 5.41 Å². The molecule has 0 heterocycles. The van der Waals surface area contributed by atoms with Gasteiger partial charge in [-0.25, -0.2) is 0 Å². The molecule has 0 aromatic heterocycles. The van der Waals surface area contributed by atoms with Gasteiger partial charge in [0.2, 0.25) is 0 Å². The van der Waals surface area contributed by atoms with Gasteiger partial charge in [-0.15, -0.1) is 0 Å². The van der Waals surface area contributed by atoms with Gasteiger partial charge < -0.3 is 10.2 Å². The van der Waals surface area contributed by atoms with E-state index in [1.165, 1.54) is 0 Å². The lowest BCUT2D eigenvalue weighted by atomic mass is 9.67. The van der Waals surface area contributed by atoms with Gasteiger partial charge in [0.25, 0.3) is 0 Å². The third kappa shape index (κ3) is 2.13. The van der Waals surface area contributed by atoms with Crippen LogP contribution in [0.15, 0.2) is 97.1 Å². The minimum absolute atomic E-state index is 0.238. The van der Waals surface area contributed by atoms with Gasteiger partial charge in [0, 0.05) is 0 Å². The van der Waals surface area contributed by atoms with E-state index in [1.807, 2.05) is 60.7 Å². The molecule has 4 aromatic rings. The zero-order valence-electron chi connectivity index (χ0n) is 14.6. The number of hydrogen-bond donors (Lipinski definition) is 2. The third-order valence-corrected chi connectivity index (χ3v) is 5.52. The highest BCUT2D eigenvalue weighted by Gasteiger charge is 2.46. The van der Waals surface area contributed by atoms with E-state index in [-0.39, 0.29) is 11.5 Å². The maximum Gasteiger partial charge on any atom is 0.115 e. The van der Waals surface area contributed by atoms with Gasteiger partial charge in [-0.05, 0) is 57.6 Å². The van der Waals surface area contributed by atoms with Crippen LogP contribution >= 0.6 is 0 Å². The molecule has 1 aliphatic rings. The number of hydrogen-bond acceptors (Lipinski definition) is 2. The molecule has 0 atom stereocenters. The summed E-state index contributed by atoms with van der Waals surface area (Å²) < 4.78 is 0. The zero-order valence-corrected chi connectivity index (χ0v) is 14.6. The molecule has 0 fully saturated rings. The highest BCUT2D eigenvalue weighted by atomic mass is 16.3. The summed E-state index contributed by atoms with van der Waals surface area (Å²) >= 11 is 0. The molecule has 1 aliphatic carbocycles. The highest BCUT2D eigenvalue weighted by Crippen LogP contribution is 2.57. The first-order chi connectivity index (χ1) is 13.2. The Kier molecular flexibility index (Phi) is 3.34. The molecule has 0 unspecified atom stereocenters. The lowest BCUT2D eigenvalue weighted by Gasteiger charge is -2.33. The van der Waals surface area contributed by atoms with E-state index in [2.05, 4.69) is 24.3 Å². The van der Waals surface area contributed by atoms with Crippen LogP contribution in [0, 0.1) is 0 Å². The quantitative estimate of drug-likeness (QED) is 0.444. The maximum atomic E-state index is 10.3. The number of phenols is 2. The normalized spacial score (nSPS) is 13.8. The topological polar surface area (TPSA) is 40.5 Å². The van der Waals surface area contributed by atoms with Gasteiger partial charge in [0.05, 0.1) is 5.41 Å². The Bertz CT molecular complexity index is 1040. The minimum atomic E-state index is -0.593. The van der Waals surface area contributed by atoms with Gasteiger partial charge in [-0.1, -0.05) is 72.8 Å². The molecule has 0 aliphatic heterocycles. The van der Waals surface area contributed by atoms with Crippen LogP contribution in [0.25, 0.3) is 11.1 Å². The second-order valence-electron chi connectivity index (χ2n) is 6.94. The summed E-state index contributed by atoms with van der Waals surface area (Å²) in [6.07, 6.45) is 0. The molecular formula is C25H18O2. The molecule has 0 saturated carbocycles. The summed E-state index contributed by atoms with van der Waals surface area (Å²) in [7, 11) is 0. The average Bonchev–Trinajstić information content (AvgIpc) is 2.99. The van der Waals surface area contributed by atoms with Crippen LogP contribution in [-0.4, -0.2) is 10.2 Å². The van der Waals surface area contributed by atoms with Gasteiger partial charge in [0.15, 0.2) is 0 Å². The number of aromatic hydroxyl groups is 2. The second kappa shape index (κ2) is 5.75. The Morgan fingerprint density at radius 2 is 0.889 bits per heavy atom. The van der Waals surface area contributed by atoms with Crippen LogP contribution in [0.1, 0.15) is 22.3 Å². The first-order valence-corrected chi connectivity index (χ1v) is 8.99. The molecule has 0 saturated heterocycles. The van der Waals surface area contributed by atoms with E-state index in [0.717, 1.165) is 33.4 Å². The fourth-order valence-corrected chi connectivity index (χ4v) is 4.46. The van der Waals surface area contributed by atoms with Crippen molar-refractivity contribution in [3.05, 3.63) is 119 Å². The lowest BCUT2D eigenvalue weighted by Crippen LogP contribution is -2.28. The highest BCUT2D eigenvalue weighted by molar-refractivity contribution is 5.87. The Hall–Kier alpha value is -3.52. The van der Waals surface area contributed by atoms with E-state index in [9.17, 15) is 10.2 Å². The molecule has 130 valence electrons. The number of fused-ring (bicyclic) bond motifs is 3. The van der Waals surface area contributed by atoms with Crippen molar-refractivity contribution in [1.29, 1.82) is 0 Å². The molecule has 2 N–H and O–H groups in total. The molecule has 5 rings (SSSR count). The Morgan fingerprint density at radius 1 is 0.481 bits per heavy atom. The molecule has 0 amide bonds. The Labute approximate surface area is 158 Å². The van der Waals surface area contributed by atoms with Gasteiger partial charge >= 0.3 is 0 Å². The molecule has 2 heteroatoms. The van der Waals surface area contributed by atoms with E-state index in [1.54, 1.807) is 12.1 Å². The van der Waals surface area contributed by atoms with Crippen LogP contribution in [0.4, 0.5) is 0 Å². The monoisotopic (exact) mass is 350 g/mol. The number of rotatable bonds is 2.